The van der Waals surface area contributed by atoms with Gasteiger partial charge in [-0.3, -0.25) is 0 Å². The Labute approximate surface area is 164 Å². The molecule has 1 atom stereocenters. The Bertz CT molecular complexity index is 1090. The van der Waals surface area contributed by atoms with Gasteiger partial charge in [-0.25, -0.2) is 4.98 Å². The molecule has 9 heteroatoms. The van der Waals surface area contributed by atoms with Gasteiger partial charge in [-0.1, -0.05) is 29.5 Å². The fourth-order valence-electron chi connectivity index (χ4n) is 2.57. The molecule has 0 aliphatic rings. The Hall–Kier alpha value is -2.52. The lowest BCUT2D eigenvalue weighted by atomic mass is 10.1. The second kappa shape index (κ2) is 7.24. The molecule has 0 bridgehead atoms. The maximum atomic E-state index is 5.83. The predicted molar refractivity (Wildman–Crippen MR) is 104 cm³/mol. The highest BCUT2D eigenvalue weighted by atomic mass is 32.2. The van der Waals surface area contributed by atoms with E-state index in [1.807, 2.05) is 52.0 Å². The van der Waals surface area contributed by atoms with Gasteiger partial charge in [-0.15, -0.1) is 31.7 Å². The molecular weight excluding hydrogens is 382 g/mol. The number of thioether (sulfide) groups is 1. The average molecular weight is 400 g/mol. The van der Waals surface area contributed by atoms with Crippen molar-refractivity contribution >= 4 is 23.1 Å². The van der Waals surface area contributed by atoms with Crippen LogP contribution < -0.4 is 0 Å². The van der Waals surface area contributed by atoms with Crippen molar-refractivity contribution in [1.29, 1.82) is 0 Å². The number of nitrogens with zero attached hydrogens (tertiary/aromatic N) is 5. The smallest absolute Gasteiger partial charge is 0.277 e. The summed E-state index contributed by atoms with van der Waals surface area (Å²) in [5.74, 6) is 1.50. The van der Waals surface area contributed by atoms with Crippen molar-refractivity contribution in [2.75, 3.05) is 0 Å². The number of hydrogen-bond donors (Lipinski definition) is 0. The summed E-state index contributed by atoms with van der Waals surface area (Å²) in [6.45, 7) is 7.88. The molecule has 1 aromatic carbocycles. The first-order chi connectivity index (χ1) is 13.0. The van der Waals surface area contributed by atoms with E-state index in [-0.39, 0.29) is 5.25 Å². The molecule has 0 fully saturated rings. The molecule has 4 rings (SSSR count). The molecule has 3 aromatic heterocycles. The van der Waals surface area contributed by atoms with Crippen LogP contribution in [0.15, 0.2) is 38.3 Å². The van der Waals surface area contributed by atoms with E-state index in [4.69, 9.17) is 8.83 Å². The van der Waals surface area contributed by atoms with E-state index in [0.29, 0.717) is 22.9 Å². The summed E-state index contributed by atoms with van der Waals surface area (Å²) in [4.78, 5) is 5.30. The van der Waals surface area contributed by atoms with E-state index in [9.17, 15) is 0 Å². The molecule has 0 saturated heterocycles. The lowest BCUT2D eigenvalue weighted by Crippen LogP contribution is -1.88. The molecule has 27 heavy (non-hydrogen) atoms. The zero-order chi connectivity index (χ0) is 19.0. The first-order valence-electron chi connectivity index (χ1n) is 8.34. The van der Waals surface area contributed by atoms with E-state index in [2.05, 4.69) is 25.4 Å². The molecule has 3 heterocycles. The van der Waals surface area contributed by atoms with Crippen LogP contribution in [-0.4, -0.2) is 25.4 Å². The fourth-order valence-corrected chi connectivity index (χ4v) is 4.13. The maximum Gasteiger partial charge on any atom is 0.277 e. The van der Waals surface area contributed by atoms with Crippen molar-refractivity contribution in [2.24, 2.45) is 0 Å². The van der Waals surface area contributed by atoms with Crippen LogP contribution in [0.3, 0.4) is 0 Å². The van der Waals surface area contributed by atoms with Crippen LogP contribution >= 0.6 is 23.1 Å². The summed E-state index contributed by atoms with van der Waals surface area (Å²) in [7, 11) is 0. The fraction of sp³-hybridized carbons (Fsp3) is 0.278. The monoisotopic (exact) mass is 399 g/mol. The Kier molecular flexibility index (Phi) is 4.79. The zero-order valence-electron chi connectivity index (χ0n) is 15.3. The Morgan fingerprint density at radius 3 is 2.56 bits per heavy atom. The average Bonchev–Trinajstić information content (AvgIpc) is 3.35. The van der Waals surface area contributed by atoms with Crippen molar-refractivity contribution in [2.45, 2.75) is 38.2 Å². The van der Waals surface area contributed by atoms with Gasteiger partial charge >= 0.3 is 0 Å². The van der Waals surface area contributed by atoms with E-state index < -0.39 is 0 Å². The number of thiazole rings is 1. The predicted octanol–water partition coefficient (Wildman–Crippen LogP) is 5.02. The number of aryl methyl sites for hydroxylation is 3. The standard InChI is InChI=1S/C18H17N5O2S2/c1-9-6-5-7-13(8-9)16-21-20-15(24-16)11(3)26-18-23-22-17(25-18)14-10(2)19-12(4)27-14/h5-8,11H,1-4H3. The summed E-state index contributed by atoms with van der Waals surface area (Å²) < 4.78 is 11.6. The first-order valence-corrected chi connectivity index (χ1v) is 10.0. The highest BCUT2D eigenvalue weighted by Crippen LogP contribution is 2.37. The van der Waals surface area contributed by atoms with E-state index in [0.717, 1.165) is 26.7 Å². The van der Waals surface area contributed by atoms with Crippen molar-refractivity contribution in [3.63, 3.8) is 0 Å². The molecule has 1 unspecified atom stereocenters. The van der Waals surface area contributed by atoms with Gasteiger partial charge in [-0.2, -0.15) is 0 Å². The van der Waals surface area contributed by atoms with Crippen molar-refractivity contribution in [3.05, 3.63) is 46.4 Å². The third-order valence-electron chi connectivity index (χ3n) is 3.84. The molecule has 138 valence electrons. The molecule has 0 N–H and O–H groups in total. The van der Waals surface area contributed by atoms with Crippen LogP contribution in [0.4, 0.5) is 0 Å². The summed E-state index contributed by atoms with van der Waals surface area (Å²) >= 11 is 2.92. The van der Waals surface area contributed by atoms with Gasteiger partial charge in [-0.05, 0) is 39.8 Å². The molecule has 0 aliphatic carbocycles. The highest BCUT2D eigenvalue weighted by Gasteiger charge is 2.21. The summed E-state index contributed by atoms with van der Waals surface area (Å²) in [6.07, 6.45) is 0. The Morgan fingerprint density at radius 2 is 1.81 bits per heavy atom. The number of hydrogen-bond acceptors (Lipinski definition) is 9. The largest absolute Gasteiger partial charge is 0.419 e. The van der Waals surface area contributed by atoms with Crippen LogP contribution in [0, 0.1) is 20.8 Å². The molecule has 0 spiro atoms. The van der Waals surface area contributed by atoms with Crippen LogP contribution in [-0.2, 0) is 0 Å². The highest BCUT2D eigenvalue weighted by molar-refractivity contribution is 7.99. The number of rotatable bonds is 5. The number of aromatic nitrogens is 5. The minimum Gasteiger partial charge on any atom is -0.419 e. The van der Waals surface area contributed by atoms with Gasteiger partial charge in [0.2, 0.25) is 11.8 Å². The summed E-state index contributed by atoms with van der Waals surface area (Å²) in [6, 6.07) is 7.96. The van der Waals surface area contributed by atoms with Crippen molar-refractivity contribution < 1.29 is 8.83 Å². The quantitative estimate of drug-likeness (QED) is 0.432. The van der Waals surface area contributed by atoms with Crippen LogP contribution in [0.25, 0.3) is 22.2 Å². The maximum absolute atomic E-state index is 5.83. The molecule has 0 radical (unpaired) electrons. The van der Waals surface area contributed by atoms with E-state index in [1.165, 1.54) is 11.8 Å². The SMILES string of the molecule is Cc1cccc(-c2nnc(C(C)Sc3nnc(-c4sc(C)nc4C)o3)o2)c1. The zero-order valence-corrected chi connectivity index (χ0v) is 16.9. The molecule has 0 saturated carbocycles. The van der Waals surface area contributed by atoms with Gasteiger partial charge in [0.25, 0.3) is 11.1 Å². The third-order valence-corrected chi connectivity index (χ3v) is 5.82. The van der Waals surface area contributed by atoms with Gasteiger partial charge in [0, 0.05) is 5.56 Å². The van der Waals surface area contributed by atoms with Gasteiger partial charge in [0.15, 0.2) is 0 Å². The van der Waals surface area contributed by atoms with E-state index in [1.54, 1.807) is 11.3 Å². The molecule has 0 aliphatic heterocycles. The van der Waals surface area contributed by atoms with E-state index >= 15 is 0 Å². The molecule has 7 nitrogen and oxygen atoms in total. The Morgan fingerprint density at radius 1 is 1.00 bits per heavy atom. The summed E-state index contributed by atoms with van der Waals surface area (Å²) in [5.41, 5.74) is 2.94. The van der Waals surface area contributed by atoms with Crippen LogP contribution in [0.5, 0.6) is 0 Å². The lowest BCUT2D eigenvalue weighted by Gasteiger charge is -2.01. The Balaban J connectivity index is 1.50. The van der Waals surface area contributed by atoms with Crippen molar-refractivity contribution in [3.8, 4) is 22.2 Å². The van der Waals surface area contributed by atoms with Gasteiger partial charge in [0.1, 0.15) is 4.88 Å². The lowest BCUT2D eigenvalue weighted by molar-refractivity contribution is 0.462. The topological polar surface area (TPSA) is 90.7 Å². The molecular formula is C18H17N5O2S2. The molecule has 0 amide bonds. The molecule has 4 aromatic rings. The third kappa shape index (κ3) is 3.79. The first kappa shape index (κ1) is 17.9. The minimum absolute atomic E-state index is 0.117. The normalized spacial score (nSPS) is 12.4. The second-order valence-electron chi connectivity index (χ2n) is 6.10. The van der Waals surface area contributed by atoms with Crippen LogP contribution in [0.1, 0.15) is 34.3 Å². The number of benzene rings is 1. The van der Waals surface area contributed by atoms with Crippen LogP contribution in [0.2, 0.25) is 0 Å². The second-order valence-corrected chi connectivity index (χ2v) is 8.59. The summed E-state index contributed by atoms with van der Waals surface area (Å²) in [5, 5.41) is 17.9. The van der Waals surface area contributed by atoms with Gasteiger partial charge < -0.3 is 8.83 Å². The minimum atomic E-state index is -0.117. The van der Waals surface area contributed by atoms with Gasteiger partial charge in [0.05, 0.1) is 16.0 Å². The van der Waals surface area contributed by atoms with Crippen molar-refractivity contribution in [1.82, 2.24) is 25.4 Å².